The molecule has 0 heterocycles. The molecule has 0 fully saturated rings. The number of ether oxygens (including phenoxy) is 1. The molecular formula is C11H11F3O3. The van der Waals surface area contributed by atoms with Crippen molar-refractivity contribution >= 4 is 5.97 Å². The summed E-state index contributed by atoms with van der Waals surface area (Å²) in [5, 5.41) is 8.99. The smallest absolute Gasteiger partial charge is 0.416 e. The molecule has 1 N–H and O–H groups in total. The van der Waals surface area contributed by atoms with Crippen LogP contribution in [-0.4, -0.2) is 24.8 Å². The molecule has 0 aromatic heterocycles. The minimum absolute atomic E-state index is 0.285. The molecule has 1 rings (SSSR count). The third-order valence-electron chi connectivity index (χ3n) is 2.31. The SMILES string of the molecule is COC(=O)C(CO)c1ccc(C(F)(F)F)cc1. The normalized spacial score (nSPS) is 13.2. The summed E-state index contributed by atoms with van der Waals surface area (Å²) in [6.45, 7) is -0.516. The zero-order chi connectivity index (χ0) is 13.1. The van der Waals surface area contributed by atoms with Crippen LogP contribution < -0.4 is 0 Å². The Hall–Kier alpha value is -1.56. The number of hydrogen-bond acceptors (Lipinski definition) is 3. The first-order valence-corrected chi connectivity index (χ1v) is 4.76. The second-order valence-corrected chi connectivity index (χ2v) is 3.38. The molecule has 0 radical (unpaired) electrons. The van der Waals surface area contributed by atoms with Gasteiger partial charge in [0.15, 0.2) is 0 Å². The lowest BCUT2D eigenvalue weighted by Crippen LogP contribution is -2.18. The Kier molecular flexibility index (Phi) is 4.11. The van der Waals surface area contributed by atoms with Gasteiger partial charge in [-0.2, -0.15) is 13.2 Å². The third kappa shape index (κ3) is 3.20. The number of aliphatic hydroxyl groups is 1. The van der Waals surface area contributed by atoms with Gasteiger partial charge in [-0.3, -0.25) is 4.79 Å². The minimum Gasteiger partial charge on any atom is -0.468 e. The summed E-state index contributed by atoms with van der Waals surface area (Å²) >= 11 is 0. The van der Waals surface area contributed by atoms with Crippen molar-refractivity contribution in [2.24, 2.45) is 0 Å². The Morgan fingerprint density at radius 2 is 1.88 bits per heavy atom. The van der Waals surface area contributed by atoms with Crippen molar-refractivity contribution in [3.05, 3.63) is 35.4 Å². The van der Waals surface area contributed by atoms with Crippen LogP contribution in [0.3, 0.4) is 0 Å². The first-order valence-electron chi connectivity index (χ1n) is 4.76. The molecule has 0 aliphatic rings. The standard InChI is InChI=1S/C11H11F3O3/c1-17-10(16)9(6-15)7-2-4-8(5-3-7)11(12,13)14/h2-5,9,15H,6H2,1H3. The first kappa shape index (κ1) is 13.5. The zero-order valence-electron chi connectivity index (χ0n) is 8.99. The van der Waals surface area contributed by atoms with Crippen LogP contribution in [0.25, 0.3) is 0 Å². The number of halogens is 3. The highest BCUT2D eigenvalue weighted by atomic mass is 19.4. The van der Waals surface area contributed by atoms with E-state index in [2.05, 4.69) is 4.74 Å². The van der Waals surface area contributed by atoms with Gasteiger partial charge in [-0.25, -0.2) is 0 Å². The van der Waals surface area contributed by atoms with Gasteiger partial charge >= 0.3 is 12.1 Å². The molecule has 0 amide bonds. The maximum absolute atomic E-state index is 12.3. The zero-order valence-corrected chi connectivity index (χ0v) is 8.99. The van der Waals surface area contributed by atoms with Crippen LogP contribution in [0.15, 0.2) is 24.3 Å². The molecule has 3 nitrogen and oxygen atoms in total. The molecular weight excluding hydrogens is 237 g/mol. The van der Waals surface area contributed by atoms with Crippen LogP contribution in [0.2, 0.25) is 0 Å². The highest BCUT2D eigenvalue weighted by molar-refractivity contribution is 5.78. The Labute approximate surface area is 95.8 Å². The average molecular weight is 248 g/mol. The van der Waals surface area contributed by atoms with Gasteiger partial charge in [0.05, 0.1) is 19.3 Å². The van der Waals surface area contributed by atoms with Crippen molar-refractivity contribution in [1.82, 2.24) is 0 Å². The first-order chi connectivity index (χ1) is 7.90. The van der Waals surface area contributed by atoms with Crippen LogP contribution >= 0.6 is 0 Å². The quantitative estimate of drug-likeness (QED) is 0.832. The molecule has 6 heteroatoms. The number of rotatable bonds is 3. The van der Waals surface area contributed by atoms with E-state index >= 15 is 0 Å². The van der Waals surface area contributed by atoms with Crippen molar-refractivity contribution in [1.29, 1.82) is 0 Å². The van der Waals surface area contributed by atoms with Crippen LogP contribution in [0.1, 0.15) is 17.0 Å². The second-order valence-electron chi connectivity index (χ2n) is 3.38. The van der Waals surface area contributed by atoms with Gasteiger partial charge in [-0.1, -0.05) is 12.1 Å². The van der Waals surface area contributed by atoms with Crippen molar-refractivity contribution in [2.75, 3.05) is 13.7 Å². The molecule has 0 saturated carbocycles. The maximum Gasteiger partial charge on any atom is 0.416 e. The molecule has 1 atom stereocenters. The number of benzene rings is 1. The van der Waals surface area contributed by atoms with E-state index in [4.69, 9.17) is 5.11 Å². The van der Waals surface area contributed by atoms with Crippen LogP contribution in [-0.2, 0) is 15.7 Å². The van der Waals surface area contributed by atoms with Crippen LogP contribution in [0.5, 0.6) is 0 Å². The monoisotopic (exact) mass is 248 g/mol. The van der Waals surface area contributed by atoms with E-state index in [0.717, 1.165) is 31.4 Å². The molecule has 1 aromatic rings. The third-order valence-corrected chi connectivity index (χ3v) is 2.31. The summed E-state index contributed by atoms with van der Waals surface area (Å²) in [5.41, 5.74) is -0.518. The predicted octanol–water partition coefficient (Wildman–Crippen LogP) is 1.95. The Morgan fingerprint density at radius 3 is 2.24 bits per heavy atom. The van der Waals surface area contributed by atoms with Crippen molar-refractivity contribution in [3.63, 3.8) is 0 Å². The van der Waals surface area contributed by atoms with Gasteiger partial charge in [0.2, 0.25) is 0 Å². The molecule has 0 bridgehead atoms. The molecule has 17 heavy (non-hydrogen) atoms. The average Bonchev–Trinajstić information content (AvgIpc) is 2.29. The Morgan fingerprint density at radius 1 is 1.35 bits per heavy atom. The van der Waals surface area contributed by atoms with E-state index in [1.54, 1.807) is 0 Å². The minimum atomic E-state index is -4.42. The van der Waals surface area contributed by atoms with Crippen LogP contribution in [0.4, 0.5) is 13.2 Å². The van der Waals surface area contributed by atoms with Crippen molar-refractivity contribution in [3.8, 4) is 0 Å². The van der Waals surface area contributed by atoms with Gasteiger partial charge in [0, 0.05) is 0 Å². The van der Waals surface area contributed by atoms with E-state index in [0.29, 0.717) is 0 Å². The number of methoxy groups -OCH3 is 1. The Bertz CT molecular complexity index is 384. The Balaban J connectivity index is 2.97. The molecule has 1 aromatic carbocycles. The van der Waals surface area contributed by atoms with Crippen LogP contribution in [0, 0.1) is 0 Å². The fourth-order valence-electron chi connectivity index (χ4n) is 1.36. The lowest BCUT2D eigenvalue weighted by molar-refractivity contribution is -0.143. The number of alkyl halides is 3. The number of esters is 1. The fraction of sp³-hybridized carbons (Fsp3) is 0.364. The summed E-state index contributed by atoms with van der Waals surface area (Å²) in [4.78, 5) is 11.2. The largest absolute Gasteiger partial charge is 0.468 e. The van der Waals surface area contributed by atoms with Crippen molar-refractivity contribution in [2.45, 2.75) is 12.1 Å². The maximum atomic E-state index is 12.3. The highest BCUT2D eigenvalue weighted by Crippen LogP contribution is 2.30. The molecule has 94 valence electrons. The van der Waals surface area contributed by atoms with Crippen molar-refractivity contribution < 1.29 is 27.8 Å². The van der Waals surface area contributed by atoms with E-state index in [9.17, 15) is 18.0 Å². The second kappa shape index (κ2) is 5.18. The van der Waals surface area contributed by atoms with Gasteiger partial charge in [0.1, 0.15) is 5.92 Å². The molecule has 0 spiro atoms. The molecule has 0 aliphatic carbocycles. The molecule has 1 unspecified atom stereocenters. The van der Waals surface area contributed by atoms with E-state index in [1.165, 1.54) is 0 Å². The van der Waals surface area contributed by atoms with Gasteiger partial charge < -0.3 is 9.84 Å². The van der Waals surface area contributed by atoms with E-state index in [1.807, 2.05) is 0 Å². The van der Waals surface area contributed by atoms with E-state index in [-0.39, 0.29) is 5.56 Å². The number of aliphatic hydroxyl groups excluding tert-OH is 1. The lowest BCUT2D eigenvalue weighted by atomic mass is 9.99. The summed E-state index contributed by atoms with van der Waals surface area (Å²) in [7, 11) is 1.15. The summed E-state index contributed by atoms with van der Waals surface area (Å²) in [6, 6.07) is 4.03. The molecule has 0 saturated heterocycles. The summed E-state index contributed by atoms with van der Waals surface area (Å²) in [6.07, 6.45) is -4.42. The lowest BCUT2D eigenvalue weighted by Gasteiger charge is -2.13. The summed E-state index contributed by atoms with van der Waals surface area (Å²) < 4.78 is 41.3. The van der Waals surface area contributed by atoms with Gasteiger partial charge in [-0.05, 0) is 17.7 Å². The van der Waals surface area contributed by atoms with Gasteiger partial charge in [0.25, 0.3) is 0 Å². The number of hydrogen-bond donors (Lipinski definition) is 1. The van der Waals surface area contributed by atoms with E-state index < -0.39 is 30.2 Å². The van der Waals surface area contributed by atoms with Gasteiger partial charge in [-0.15, -0.1) is 0 Å². The summed E-state index contributed by atoms with van der Waals surface area (Å²) in [5.74, 6) is -1.64. The molecule has 0 aliphatic heterocycles. The topological polar surface area (TPSA) is 46.5 Å². The number of carbonyl (C=O) groups excluding carboxylic acids is 1. The number of carbonyl (C=O) groups is 1. The highest BCUT2D eigenvalue weighted by Gasteiger charge is 2.30. The fourth-order valence-corrected chi connectivity index (χ4v) is 1.36. The predicted molar refractivity (Wildman–Crippen MR) is 53.3 cm³/mol.